The molecule has 4 heteroatoms. The van der Waals surface area contributed by atoms with Gasteiger partial charge in [-0.25, -0.2) is 15.0 Å². The average Bonchev–Trinajstić information content (AvgIpc) is 3.08. The van der Waals surface area contributed by atoms with Crippen LogP contribution < -0.4 is 0 Å². The largest absolute Gasteiger partial charge is 0.264 e. The van der Waals surface area contributed by atoms with E-state index in [2.05, 4.69) is 102 Å². The van der Waals surface area contributed by atoms with E-state index in [4.69, 9.17) is 15.0 Å². The summed E-state index contributed by atoms with van der Waals surface area (Å²) in [6.45, 7) is 0. The van der Waals surface area contributed by atoms with Crippen LogP contribution in [0.25, 0.3) is 77.6 Å². The van der Waals surface area contributed by atoms with Crippen molar-refractivity contribution in [1.29, 1.82) is 0 Å². The van der Waals surface area contributed by atoms with Crippen molar-refractivity contribution in [3.05, 3.63) is 146 Å². The van der Waals surface area contributed by atoms with Gasteiger partial charge in [-0.1, -0.05) is 121 Å². The standard InChI is InChI=1S/C38H24N4/c1-2-10-27(11-3-1)36-40-37(28-18-16-25(17-19-28)30-13-8-22-39-24-30)42-38(41-36)35-32-15-7-5-12-29(32)23-34-31-14-6-4-9-26(31)20-21-33(34)35/h1-24H. The van der Waals surface area contributed by atoms with Gasteiger partial charge in [-0.2, -0.15) is 0 Å². The zero-order valence-corrected chi connectivity index (χ0v) is 22.6. The molecule has 0 fully saturated rings. The normalized spacial score (nSPS) is 11.3. The SMILES string of the molecule is c1ccc(-c2nc(-c3ccc(-c4cccnc4)cc3)nc(-c3c4ccccc4cc4c3ccc3ccccc34)n2)cc1. The van der Waals surface area contributed by atoms with E-state index in [1.165, 1.54) is 16.2 Å². The number of benzene rings is 6. The van der Waals surface area contributed by atoms with Crippen LogP contribution in [0.1, 0.15) is 0 Å². The van der Waals surface area contributed by atoms with Gasteiger partial charge in [0.2, 0.25) is 0 Å². The van der Waals surface area contributed by atoms with Crippen LogP contribution in [-0.2, 0) is 0 Å². The first-order chi connectivity index (χ1) is 20.8. The summed E-state index contributed by atoms with van der Waals surface area (Å²) in [5, 5.41) is 7.00. The number of pyridine rings is 1. The third-order valence-corrected chi connectivity index (χ3v) is 7.80. The fourth-order valence-electron chi connectivity index (χ4n) is 5.74. The molecule has 6 aromatic carbocycles. The Kier molecular flexibility index (Phi) is 5.75. The highest BCUT2D eigenvalue weighted by Gasteiger charge is 2.18. The van der Waals surface area contributed by atoms with Crippen LogP contribution in [0.3, 0.4) is 0 Å². The lowest BCUT2D eigenvalue weighted by Crippen LogP contribution is -2.01. The summed E-state index contributed by atoms with van der Waals surface area (Å²) in [5.41, 5.74) is 5.06. The zero-order valence-electron chi connectivity index (χ0n) is 22.6. The molecule has 0 aliphatic carbocycles. The smallest absolute Gasteiger partial charge is 0.165 e. The van der Waals surface area contributed by atoms with Gasteiger partial charge in [0.05, 0.1) is 0 Å². The molecule has 4 nitrogen and oxygen atoms in total. The van der Waals surface area contributed by atoms with Gasteiger partial charge in [-0.3, -0.25) is 4.98 Å². The topological polar surface area (TPSA) is 51.6 Å². The minimum Gasteiger partial charge on any atom is -0.264 e. The molecule has 0 aliphatic heterocycles. The number of hydrogen-bond acceptors (Lipinski definition) is 4. The third-order valence-electron chi connectivity index (χ3n) is 7.80. The molecule has 0 atom stereocenters. The summed E-state index contributed by atoms with van der Waals surface area (Å²) in [6, 6.07) is 46.2. The van der Waals surface area contributed by atoms with Crippen LogP contribution in [0.4, 0.5) is 0 Å². The molecular weight excluding hydrogens is 512 g/mol. The molecular formula is C38H24N4. The Hall–Kier alpha value is -5.74. The van der Waals surface area contributed by atoms with Crippen molar-refractivity contribution in [2.75, 3.05) is 0 Å². The first kappa shape index (κ1) is 24.1. The lowest BCUT2D eigenvalue weighted by atomic mass is 9.93. The number of hydrogen-bond donors (Lipinski definition) is 0. The molecule has 2 aromatic heterocycles. The summed E-state index contributed by atoms with van der Waals surface area (Å²) in [7, 11) is 0. The van der Waals surface area contributed by atoms with Gasteiger partial charge in [0.1, 0.15) is 0 Å². The maximum absolute atomic E-state index is 5.15. The van der Waals surface area contributed by atoms with Gasteiger partial charge < -0.3 is 0 Å². The van der Waals surface area contributed by atoms with Gasteiger partial charge >= 0.3 is 0 Å². The van der Waals surface area contributed by atoms with Gasteiger partial charge in [-0.05, 0) is 55.6 Å². The summed E-state index contributed by atoms with van der Waals surface area (Å²) in [5.74, 6) is 1.94. The summed E-state index contributed by atoms with van der Waals surface area (Å²) < 4.78 is 0. The number of fused-ring (bicyclic) bond motifs is 4. The maximum atomic E-state index is 5.15. The fourth-order valence-corrected chi connectivity index (χ4v) is 5.74. The van der Waals surface area contributed by atoms with E-state index in [0.717, 1.165) is 44.0 Å². The van der Waals surface area contributed by atoms with Gasteiger partial charge in [0.25, 0.3) is 0 Å². The minimum atomic E-state index is 0.637. The van der Waals surface area contributed by atoms with Gasteiger partial charge in [0.15, 0.2) is 17.5 Å². The molecule has 0 unspecified atom stereocenters. The second kappa shape index (κ2) is 10.0. The summed E-state index contributed by atoms with van der Waals surface area (Å²) in [6.07, 6.45) is 3.66. The number of rotatable bonds is 4. The van der Waals surface area contributed by atoms with Crippen LogP contribution in [-0.4, -0.2) is 19.9 Å². The lowest BCUT2D eigenvalue weighted by molar-refractivity contribution is 1.08. The van der Waals surface area contributed by atoms with E-state index in [-0.39, 0.29) is 0 Å². The van der Waals surface area contributed by atoms with Crippen molar-refractivity contribution in [2.24, 2.45) is 0 Å². The molecule has 0 spiro atoms. The molecule has 0 aliphatic rings. The first-order valence-corrected chi connectivity index (χ1v) is 14.0. The zero-order chi connectivity index (χ0) is 27.9. The van der Waals surface area contributed by atoms with Crippen LogP contribution in [0.2, 0.25) is 0 Å². The van der Waals surface area contributed by atoms with Gasteiger partial charge in [0, 0.05) is 29.1 Å². The minimum absolute atomic E-state index is 0.637. The second-order valence-corrected chi connectivity index (χ2v) is 10.3. The fraction of sp³-hybridized carbons (Fsp3) is 0. The van der Waals surface area contributed by atoms with E-state index in [1.54, 1.807) is 6.20 Å². The molecule has 8 aromatic rings. The van der Waals surface area contributed by atoms with E-state index in [1.807, 2.05) is 42.6 Å². The Morgan fingerprint density at radius 1 is 0.357 bits per heavy atom. The van der Waals surface area contributed by atoms with E-state index in [9.17, 15) is 0 Å². The Morgan fingerprint density at radius 2 is 0.976 bits per heavy atom. The average molecular weight is 537 g/mol. The monoisotopic (exact) mass is 536 g/mol. The molecule has 42 heavy (non-hydrogen) atoms. The number of aromatic nitrogens is 4. The van der Waals surface area contributed by atoms with E-state index >= 15 is 0 Å². The molecule has 0 saturated carbocycles. The quantitative estimate of drug-likeness (QED) is 0.166. The molecule has 0 bridgehead atoms. The lowest BCUT2D eigenvalue weighted by Gasteiger charge is -2.14. The number of nitrogens with zero attached hydrogens (tertiary/aromatic N) is 4. The van der Waals surface area contributed by atoms with Crippen molar-refractivity contribution in [3.8, 4) is 45.3 Å². The molecule has 196 valence electrons. The Labute approximate surface area is 243 Å². The van der Waals surface area contributed by atoms with Crippen molar-refractivity contribution in [1.82, 2.24) is 19.9 Å². The Balaban J connectivity index is 1.40. The Bertz CT molecular complexity index is 2230. The molecule has 2 heterocycles. The van der Waals surface area contributed by atoms with Crippen molar-refractivity contribution in [3.63, 3.8) is 0 Å². The molecule has 8 rings (SSSR count). The molecule has 0 N–H and O–H groups in total. The predicted octanol–water partition coefficient (Wildman–Crippen LogP) is 9.39. The van der Waals surface area contributed by atoms with Crippen molar-refractivity contribution in [2.45, 2.75) is 0 Å². The van der Waals surface area contributed by atoms with E-state index < -0.39 is 0 Å². The highest BCUT2D eigenvalue weighted by molar-refractivity contribution is 6.19. The maximum Gasteiger partial charge on any atom is 0.165 e. The Morgan fingerprint density at radius 3 is 1.74 bits per heavy atom. The highest BCUT2D eigenvalue weighted by Crippen LogP contribution is 2.39. The van der Waals surface area contributed by atoms with Crippen LogP contribution >= 0.6 is 0 Å². The highest BCUT2D eigenvalue weighted by atomic mass is 15.0. The third kappa shape index (κ3) is 4.18. The van der Waals surface area contributed by atoms with E-state index in [0.29, 0.717) is 17.5 Å². The van der Waals surface area contributed by atoms with Crippen molar-refractivity contribution < 1.29 is 0 Å². The van der Waals surface area contributed by atoms with Crippen LogP contribution in [0, 0.1) is 0 Å². The molecule has 0 amide bonds. The molecule has 0 saturated heterocycles. The van der Waals surface area contributed by atoms with Crippen LogP contribution in [0.15, 0.2) is 146 Å². The summed E-state index contributed by atoms with van der Waals surface area (Å²) in [4.78, 5) is 19.5. The first-order valence-electron chi connectivity index (χ1n) is 14.0. The van der Waals surface area contributed by atoms with Crippen LogP contribution in [0.5, 0.6) is 0 Å². The predicted molar refractivity (Wildman–Crippen MR) is 172 cm³/mol. The van der Waals surface area contributed by atoms with Crippen molar-refractivity contribution >= 4 is 32.3 Å². The van der Waals surface area contributed by atoms with Gasteiger partial charge in [-0.15, -0.1) is 0 Å². The summed E-state index contributed by atoms with van der Waals surface area (Å²) >= 11 is 0. The second-order valence-electron chi connectivity index (χ2n) is 10.3. The molecule has 0 radical (unpaired) electrons.